The maximum absolute atomic E-state index is 12.7. The molecule has 7 heteroatoms. The molecule has 0 saturated carbocycles. The Balaban J connectivity index is 1.98. The minimum Gasteiger partial charge on any atom is -0.321 e. The van der Waals surface area contributed by atoms with Gasteiger partial charge in [-0.25, -0.2) is 9.67 Å². The molecule has 6 nitrogen and oxygen atoms in total. The summed E-state index contributed by atoms with van der Waals surface area (Å²) in [5.74, 6) is -0.218. The number of aromatic nitrogens is 3. The topological polar surface area (TPSA) is 76.9 Å². The summed E-state index contributed by atoms with van der Waals surface area (Å²) < 4.78 is 1.31. The molecule has 0 atom stereocenters. The first-order chi connectivity index (χ1) is 12.8. The predicted octanol–water partition coefficient (Wildman–Crippen LogP) is 3.64. The largest absolute Gasteiger partial charge is 0.321 e. The van der Waals surface area contributed by atoms with Crippen LogP contribution in [0.3, 0.4) is 0 Å². The van der Waals surface area contributed by atoms with Gasteiger partial charge >= 0.3 is 0 Å². The van der Waals surface area contributed by atoms with Gasteiger partial charge in [-0.3, -0.25) is 9.59 Å². The molecule has 1 N–H and O–H groups in total. The van der Waals surface area contributed by atoms with Crippen molar-refractivity contribution in [2.75, 3.05) is 5.32 Å². The fraction of sp³-hybridized carbons (Fsp3) is 0.300. The lowest BCUT2D eigenvalue weighted by molar-refractivity contribution is 0.103. The average molecular weight is 382 g/mol. The normalized spacial score (nSPS) is 10.9. The quantitative estimate of drug-likeness (QED) is 0.747. The van der Waals surface area contributed by atoms with Crippen LogP contribution in [-0.4, -0.2) is 20.7 Å². The molecule has 3 aromatic rings. The van der Waals surface area contributed by atoms with E-state index in [1.807, 2.05) is 38.1 Å². The second-order valence-electron chi connectivity index (χ2n) is 6.46. The van der Waals surface area contributed by atoms with Gasteiger partial charge in [-0.1, -0.05) is 19.1 Å². The molecular formula is C20H22N4O2S. The van der Waals surface area contributed by atoms with E-state index in [2.05, 4.69) is 22.3 Å². The molecule has 3 rings (SSSR count). The fourth-order valence-electron chi connectivity index (χ4n) is 2.87. The van der Waals surface area contributed by atoms with E-state index in [-0.39, 0.29) is 11.5 Å². The first-order valence-corrected chi connectivity index (χ1v) is 9.56. The number of thiazole rings is 1. The van der Waals surface area contributed by atoms with Crippen molar-refractivity contribution in [3.8, 4) is 10.6 Å². The lowest BCUT2D eigenvalue weighted by Gasteiger charge is -2.07. The van der Waals surface area contributed by atoms with Crippen LogP contribution in [0.25, 0.3) is 10.6 Å². The number of carbonyl (C=O) groups is 1. The number of aryl methyl sites for hydroxylation is 4. The number of benzene rings is 1. The Hall–Kier alpha value is -2.80. The van der Waals surface area contributed by atoms with Gasteiger partial charge in [-0.05, 0) is 50.5 Å². The minimum absolute atomic E-state index is 0.213. The van der Waals surface area contributed by atoms with Crippen molar-refractivity contribution in [2.45, 2.75) is 34.1 Å². The molecule has 0 aliphatic carbocycles. The van der Waals surface area contributed by atoms with E-state index in [1.165, 1.54) is 16.0 Å². The maximum atomic E-state index is 12.7. The molecule has 0 fully saturated rings. The first kappa shape index (κ1) is 19.0. The number of hydrogen-bond acceptors (Lipinski definition) is 5. The minimum atomic E-state index is -0.218. The van der Waals surface area contributed by atoms with E-state index < -0.39 is 0 Å². The zero-order valence-corrected chi connectivity index (χ0v) is 16.9. The van der Waals surface area contributed by atoms with Crippen molar-refractivity contribution in [3.63, 3.8) is 0 Å². The smallest absolute Gasteiger partial charge is 0.277 e. The number of rotatable bonds is 4. The molecule has 1 amide bonds. The number of amides is 1. The van der Waals surface area contributed by atoms with Crippen molar-refractivity contribution >= 4 is 22.9 Å². The standard InChI is InChI=1S/C20H22N4O2S/c1-6-14-8-7-9-15(10-14)22-18(25)17-13(4)21-19(27-17)16-11(2)12(3)23-24(5)20(16)26/h7-10H,6H2,1-5H3,(H,22,25). The summed E-state index contributed by atoms with van der Waals surface area (Å²) in [5, 5.41) is 7.67. The maximum Gasteiger partial charge on any atom is 0.277 e. The Morgan fingerprint density at radius 1 is 1.22 bits per heavy atom. The molecule has 2 aromatic heterocycles. The van der Waals surface area contributed by atoms with Crippen LogP contribution in [0.5, 0.6) is 0 Å². The Labute approximate surface area is 161 Å². The van der Waals surface area contributed by atoms with Crippen molar-refractivity contribution in [3.05, 3.63) is 62.0 Å². The number of anilines is 1. The number of hydrogen-bond donors (Lipinski definition) is 1. The van der Waals surface area contributed by atoms with Crippen LogP contribution < -0.4 is 10.9 Å². The Kier molecular flexibility index (Phi) is 5.23. The van der Waals surface area contributed by atoms with Gasteiger partial charge in [0.1, 0.15) is 9.88 Å². The van der Waals surface area contributed by atoms with Crippen LogP contribution in [0.4, 0.5) is 5.69 Å². The SMILES string of the molecule is CCc1cccc(NC(=O)c2sc(-c3c(C)c(C)nn(C)c3=O)nc2C)c1. The van der Waals surface area contributed by atoms with Crippen LogP contribution in [-0.2, 0) is 13.5 Å². The van der Waals surface area contributed by atoms with Crippen molar-refractivity contribution in [2.24, 2.45) is 7.05 Å². The van der Waals surface area contributed by atoms with E-state index in [0.29, 0.717) is 21.1 Å². The highest BCUT2D eigenvalue weighted by Crippen LogP contribution is 2.29. The van der Waals surface area contributed by atoms with Crippen molar-refractivity contribution < 1.29 is 4.79 Å². The van der Waals surface area contributed by atoms with E-state index in [4.69, 9.17) is 0 Å². The van der Waals surface area contributed by atoms with Gasteiger partial charge in [-0.2, -0.15) is 5.10 Å². The van der Waals surface area contributed by atoms with Gasteiger partial charge in [0.2, 0.25) is 0 Å². The van der Waals surface area contributed by atoms with Crippen LogP contribution >= 0.6 is 11.3 Å². The molecule has 0 saturated heterocycles. The third kappa shape index (κ3) is 3.68. The molecule has 0 aliphatic heterocycles. The van der Waals surface area contributed by atoms with Gasteiger partial charge in [0.25, 0.3) is 11.5 Å². The summed E-state index contributed by atoms with van der Waals surface area (Å²) in [6.07, 6.45) is 0.900. The highest BCUT2D eigenvalue weighted by atomic mass is 32.1. The summed E-state index contributed by atoms with van der Waals surface area (Å²) in [4.78, 5) is 30.3. The number of nitrogens with one attached hydrogen (secondary N) is 1. The lowest BCUT2D eigenvalue weighted by Crippen LogP contribution is -2.23. The Morgan fingerprint density at radius 3 is 2.67 bits per heavy atom. The molecule has 0 spiro atoms. The van der Waals surface area contributed by atoms with E-state index in [9.17, 15) is 9.59 Å². The fourth-order valence-corrected chi connectivity index (χ4v) is 3.93. The van der Waals surface area contributed by atoms with Crippen LogP contribution in [0.2, 0.25) is 0 Å². The highest BCUT2D eigenvalue weighted by Gasteiger charge is 2.21. The van der Waals surface area contributed by atoms with Crippen LogP contribution in [0, 0.1) is 20.8 Å². The van der Waals surface area contributed by atoms with Crippen molar-refractivity contribution in [1.82, 2.24) is 14.8 Å². The average Bonchev–Trinajstić information content (AvgIpc) is 3.02. The summed E-state index contributed by atoms with van der Waals surface area (Å²) in [7, 11) is 1.62. The van der Waals surface area contributed by atoms with E-state index in [1.54, 1.807) is 14.0 Å². The zero-order valence-electron chi connectivity index (χ0n) is 16.1. The summed E-state index contributed by atoms with van der Waals surface area (Å²) >= 11 is 1.23. The Morgan fingerprint density at radius 2 is 1.96 bits per heavy atom. The molecule has 0 aliphatic rings. The second kappa shape index (κ2) is 7.44. The molecule has 0 bridgehead atoms. The third-order valence-electron chi connectivity index (χ3n) is 4.54. The van der Waals surface area contributed by atoms with Crippen LogP contribution in [0.1, 0.15) is 39.1 Å². The molecule has 27 heavy (non-hydrogen) atoms. The van der Waals surface area contributed by atoms with Gasteiger partial charge in [0.15, 0.2) is 0 Å². The van der Waals surface area contributed by atoms with Gasteiger partial charge in [0.05, 0.1) is 17.0 Å². The van der Waals surface area contributed by atoms with Crippen LogP contribution in [0.15, 0.2) is 29.1 Å². The van der Waals surface area contributed by atoms with Gasteiger partial charge in [-0.15, -0.1) is 11.3 Å². The van der Waals surface area contributed by atoms with Gasteiger partial charge in [0, 0.05) is 12.7 Å². The molecule has 0 radical (unpaired) electrons. The third-order valence-corrected chi connectivity index (χ3v) is 5.71. The molecular weight excluding hydrogens is 360 g/mol. The highest BCUT2D eigenvalue weighted by molar-refractivity contribution is 7.17. The van der Waals surface area contributed by atoms with E-state index >= 15 is 0 Å². The van der Waals surface area contributed by atoms with Gasteiger partial charge < -0.3 is 5.32 Å². The summed E-state index contributed by atoms with van der Waals surface area (Å²) in [6, 6.07) is 7.77. The molecule has 0 unspecified atom stereocenters. The molecule has 140 valence electrons. The Bertz CT molecular complexity index is 1080. The van der Waals surface area contributed by atoms with Crippen molar-refractivity contribution in [1.29, 1.82) is 0 Å². The monoisotopic (exact) mass is 382 g/mol. The molecule has 1 aromatic carbocycles. The second-order valence-corrected chi connectivity index (χ2v) is 7.45. The summed E-state index contributed by atoms with van der Waals surface area (Å²) in [6.45, 7) is 7.56. The lowest BCUT2D eigenvalue weighted by atomic mass is 10.1. The predicted molar refractivity (Wildman–Crippen MR) is 109 cm³/mol. The number of carbonyl (C=O) groups excluding carboxylic acids is 1. The number of nitrogens with zero attached hydrogens (tertiary/aromatic N) is 3. The molecule has 2 heterocycles. The first-order valence-electron chi connectivity index (χ1n) is 8.74. The van der Waals surface area contributed by atoms with E-state index in [0.717, 1.165) is 28.9 Å². The zero-order chi connectivity index (χ0) is 19.7. The summed E-state index contributed by atoms with van der Waals surface area (Å²) in [5.41, 5.74) is 4.35.